The zero-order valence-corrected chi connectivity index (χ0v) is 14.0. The SMILES string of the molecule is CC(=O)CCSc1ccccc1-c1ccc2c(c1Cl)CC=C2. The van der Waals surface area contributed by atoms with Crippen LogP contribution in [0.5, 0.6) is 0 Å². The number of halogens is 1. The fourth-order valence-electron chi connectivity index (χ4n) is 2.63. The van der Waals surface area contributed by atoms with Crippen LogP contribution in [0.15, 0.2) is 47.4 Å². The number of hydrogen-bond donors (Lipinski definition) is 0. The normalized spacial score (nSPS) is 12.5. The van der Waals surface area contributed by atoms with Crippen LogP contribution in [0.4, 0.5) is 0 Å². The number of benzene rings is 2. The summed E-state index contributed by atoms with van der Waals surface area (Å²) < 4.78 is 0. The van der Waals surface area contributed by atoms with Gasteiger partial charge in [-0.3, -0.25) is 4.79 Å². The molecule has 1 nitrogen and oxygen atoms in total. The first kappa shape index (κ1) is 15.4. The lowest BCUT2D eigenvalue weighted by Gasteiger charge is -2.13. The Hall–Kier alpha value is -1.51. The van der Waals surface area contributed by atoms with Crippen molar-refractivity contribution in [2.45, 2.75) is 24.7 Å². The standard InChI is InChI=1S/C19H17ClOS/c1-13(21)11-12-22-18-8-3-2-6-16(18)17-10-9-14-5-4-7-15(14)19(17)20/h2-6,8-10H,7,11-12H2,1H3. The van der Waals surface area contributed by atoms with Gasteiger partial charge in [-0.05, 0) is 36.1 Å². The third-order valence-electron chi connectivity index (χ3n) is 3.79. The van der Waals surface area contributed by atoms with Crippen molar-refractivity contribution < 1.29 is 4.79 Å². The minimum absolute atomic E-state index is 0.228. The van der Waals surface area contributed by atoms with Crippen LogP contribution >= 0.6 is 23.4 Å². The maximum absolute atomic E-state index is 11.1. The summed E-state index contributed by atoms with van der Waals surface area (Å²) in [6.07, 6.45) is 5.77. The predicted molar refractivity (Wildman–Crippen MR) is 95.6 cm³/mol. The summed E-state index contributed by atoms with van der Waals surface area (Å²) >= 11 is 8.36. The zero-order chi connectivity index (χ0) is 15.5. The van der Waals surface area contributed by atoms with Gasteiger partial charge >= 0.3 is 0 Å². The van der Waals surface area contributed by atoms with Crippen molar-refractivity contribution in [3.8, 4) is 11.1 Å². The highest BCUT2D eigenvalue weighted by Crippen LogP contribution is 2.39. The smallest absolute Gasteiger partial charge is 0.130 e. The molecule has 0 saturated carbocycles. The van der Waals surface area contributed by atoms with Crippen LogP contribution in [0.2, 0.25) is 5.02 Å². The molecule has 0 fully saturated rings. The molecule has 1 aliphatic carbocycles. The van der Waals surface area contributed by atoms with Gasteiger partial charge in [0.2, 0.25) is 0 Å². The molecule has 0 bridgehead atoms. The summed E-state index contributed by atoms with van der Waals surface area (Å²) in [6, 6.07) is 12.5. The van der Waals surface area contributed by atoms with E-state index in [0.29, 0.717) is 6.42 Å². The highest BCUT2D eigenvalue weighted by atomic mass is 35.5. The Kier molecular flexibility index (Phi) is 4.70. The lowest BCUT2D eigenvalue weighted by Crippen LogP contribution is -1.93. The number of fused-ring (bicyclic) bond motifs is 1. The quantitative estimate of drug-likeness (QED) is 0.660. The molecule has 0 aromatic heterocycles. The molecule has 22 heavy (non-hydrogen) atoms. The summed E-state index contributed by atoms with van der Waals surface area (Å²) in [5.74, 6) is 1.03. The average Bonchev–Trinajstić information content (AvgIpc) is 2.98. The van der Waals surface area contributed by atoms with E-state index in [1.807, 2.05) is 12.1 Å². The van der Waals surface area contributed by atoms with Crippen molar-refractivity contribution in [3.05, 3.63) is 58.6 Å². The summed E-state index contributed by atoms with van der Waals surface area (Å²) in [5, 5.41) is 0.849. The number of Topliss-reactive ketones (excluding diaryl/α,β-unsaturated/α-hetero) is 1. The Morgan fingerprint density at radius 1 is 1.18 bits per heavy atom. The first-order valence-electron chi connectivity index (χ1n) is 7.36. The molecule has 2 aromatic carbocycles. The van der Waals surface area contributed by atoms with Gasteiger partial charge in [-0.1, -0.05) is 54.1 Å². The number of carbonyl (C=O) groups excluding carboxylic acids is 1. The molecule has 1 aliphatic rings. The maximum atomic E-state index is 11.1. The Bertz CT molecular complexity index is 749. The highest BCUT2D eigenvalue weighted by molar-refractivity contribution is 7.99. The number of hydrogen-bond acceptors (Lipinski definition) is 2. The molecule has 0 saturated heterocycles. The summed E-state index contributed by atoms with van der Waals surface area (Å²) in [7, 11) is 0. The molecule has 0 atom stereocenters. The van der Waals surface area contributed by atoms with Gasteiger partial charge in [0, 0.05) is 22.6 Å². The second-order valence-electron chi connectivity index (χ2n) is 5.40. The van der Waals surface area contributed by atoms with Crippen molar-refractivity contribution in [3.63, 3.8) is 0 Å². The second kappa shape index (κ2) is 6.72. The lowest BCUT2D eigenvalue weighted by molar-refractivity contribution is -0.116. The molecule has 0 N–H and O–H groups in total. The topological polar surface area (TPSA) is 17.1 Å². The zero-order valence-electron chi connectivity index (χ0n) is 12.4. The van der Waals surface area contributed by atoms with E-state index >= 15 is 0 Å². The van der Waals surface area contributed by atoms with Gasteiger partial charge in [0.25, 0.3) is 0 Å². The molecule has 3 heteroatoms. The molecular formula is C19H17ClOS. The fourth-order valence-corrected chi connectivity index (χ4v) is 4.10. The van der Waals surface area contributed by atoms with Gasteiger partial charge in [0.15, 0.2) is 0 Å². The monoisotopic (exact) mass is 328 g/mol. The molecule has 0 spiro atoms. The largest absolute Gasteiger partial charge is 0.300 e. The molecule has 0 radical (unpaired) electrons. The van der Waals surface area contributed by atoms with E-state index in [9.17, 15) is 4.79 Å². The van der Waals surface area contributed by atoms with E-state index < -0.39 is 0 Å². The van der Waals surface area contributed by atoms with Gasteiger partial charge in [0.1, 0.15) is 5.78 Å². The second-order valence-corrected chi connectivity index (χ2v) is 6.91. The van der Waals surface area contributed by atoms with Crippen molar-refractivity contribution in [2.24, 2.45) is 0 Å². The summed E-state index contributed by atoms with van der Waals surface area (Å²) in [5.41, 5.74) is 4.66. The molecule has 0 amide bonds. The molecule has 0 heterocycles. The minimum Gasteiger partial charge on any atom is -0.300 e. The first-order chi connectivity index (χ1) is 10.7. The van der Waals surface area contributed by atoms with E-state index in [0.717, 1.165) is 28.3 Å². The number of thioether (sulfide) groups is 1. The lowest BCUT2D eigenvalue weighted by atomic mass is 10.00. The van der Waals surface area contributed by atoms with Crippen molar-refractivity contribution in [1.82, 2.24) is 0 Å². The van der Waals surface area contributed by atoms with Gasteiger partial charge in [-0.15, -0.1) is 11.8 Å². The van der Waals surface area contributed by atoms with Crippen LogP contribution in [0.1, 0.15) is 24.5 Å². The number of rotatable bonds is 5. The van der Waals surface area contributed by atoms with Crippen LogP contribution < -0.4 is 0 Å². The average molecular weight is 329 g/mol. The number of allylic oxidation sites excluding steroid dienone is 1. The third kappa shape index (κ3) is 3.13. The fraction of sp³-hybridized carbons (Fsp3) is 0.211. The van der Waals surface area contributed by atoms with E-state index in [2.05, 4.69) is 36.4 Å². The van der Waals surface area contributed by atoms with E-state index in [-0.39, 0.29) is 5.78 Å². The minimum atomic E-state index is 0.228. The van der Waals surface area contributed by atoms with Crippen LogP contribution in [0.3, 0.4) is 0 Å². The number of ketones is 1. The van der Waals surface area contributed by atoms with Crippen LogP contribution in [-0.4, -0.2) is 11.5 Å². The van der Waals surface area contributed by atoms with Crippen molar-refractivity contribution >= 4 is 35.2 Å². The van der Waals surface area contributed by atoms with Gasteiger partial charge < -0.3 is 0 Å². The molecule has 0 unspecified atom stereocenters. The Balaban J connectivity index is 1.94. The van der Waals surface area contributed by atoms with Gasteiger partial charge in [-0.2, -0.15) is 0 Å². The van der Waals surface area contributed by atoms with E-state index in [1.165, 1.54) is 16.0 Å². The Labute approximate surface area is 140 Å². The molecule has 0 aliphatic heterocycles. The van der Waals surface area contributed by atoms with Crippen LogP contribution in [-0.2, 0) is 11.2 Å². The predicted octanol–water partition coefficient (Wildman–Crippen LogP) is 5.65. The third-order valence-corrected chi connectivity index (χ3v) is 5.29. The molecular weight excluding hydrogens is 312 g/mol. The Morgan fingerprint density at radius 3 is 2.82 bits per heavy atom. The summed E-state index contributed by atoms with van der Waals surface area (Å²) in [6.45, 7) is 1.64. The van der Waals surface area contributed by atoms with E-state index in [4.69, 9.17) is 11.6 Å². The van der Waals surface area contributed by atoms with Crippen molar-refractivity contribution in [1.29, 1.82) is 0 Å². The molecule has 3 rings (SSSR count). The van der Waals surface area contributed by atoms with E-state index in [1.54, 1.807) is 18.7 Å². The molecule has 112 valence electrons. The highest BCUT2D eigenvalue weighted by Gasteiger charge is 2.16. The van der Waals surface area contributed by atoms with Crippen LogP contribution in [0.25, 0.3) is 17.2 Å². The summed E-state index contributed by atoms with van der Waals surface area (Å²) in [4.78, 5) is 12.3. The van der Waals surface area contributed by atoms with Crippen molar-refractivity contribution in [2.75, 3.05) is 5.75 Å². The Morgan fingerprint density at radius 2 is 2.00 bits per heavy atom. The van der Waals surface area contributed by atoms with Gasteiger partial charge in [-0.25, -0.2) is 0 Å². The maximum Gasteiger partial charge on any atom is 0.130 e. The molecule has 2 aromatic rings. The first-order valence-corrected chi connectivity index (χ1v) is 8.72. The number of carbonyl (C=O) groups is 1. The van der Waals surface area contributed by atoms with Gasteiger partial charge in [0.05, 0.1) is 5.02 Å². The van der Waals surface area contributed by atoms with Crippen LogP contribution in [0, 0.1) is 0 Å².